The predicted octanol–water partition coefficient (Wildman–Crippen LogP) is 4.44. The SMILES string of the molecule is C=CCC1/C=C(\C)CC(C)CC(OC)C2OC(O)(C(=O)C(=O)N3CCCCC3C(=O)OC(/C(C)=C/C3CCC(O)C(C=O)C3)C(C)C(O)CC1=O)C(C)CC2OC. The summed E-state index contributed by atoms with van der Waals surface area (Å²) in [6.07, 6.45) is 5.21. The molecule has 1 saturated carbocycles. The Balaban J connectivity index is 1.78. The number of ketones is 2. The van der Waals surface area contributed by atoms with Crippen molar-refractivity contribution in [2.24, 2.45) is 35.5 Å². The summed E-state index contributed by atoms with van der Waals surface area (Å²) >= 11 is 0. The molecule has 3 heterocycles. The quantitative estimate of drug-likeness (QED) is 0.143. The number of hydrogen-bond acceptors (Lipinski definition) is 12. The third-order valence-electron chi connectivity index (χ3n) is 12.9. The highest BCUT2D eigenvalue weighted by molar-refractivity contribution is 6.39. The molecule has 1 amide bonds. The van der Waals surface area contributed by atoms with Crippen molar-refractivity contribution in [1.29, 1.82) is 0 Å². The fraction of sp³-hybridized carbons (Fsp3) is 0.750. The minimum Gasteiger partial charge on any atom is -0.456 e. The third kappa shape index (κ3) is 11.2. The zero-order valence-electron chi connectivity index (χ0n) is 35.0. The molecule has 3 aliphatic heterocycles. The van der Waals surface area contributed by atoms with Gasteiger partial charge in [0.25, 0.3) is 11.7 Å². The lowest BCUT2D eigenvalue weighted by atomic mass is 9.78. The number of nitrogens with zero attached hydrogens (tertiary/aromatic N) is 1. The molecule has 0 aromatic heterocycles. The second kappa shape index (κ2) is 20.8. The Labute approximate surface area is 338 Å². The first-order chi connectivity index (χ1) is 27.0. The summed E-state index contributed by atoms with van der Waals surface area (Å²) < 4.78 is 24.2. The van der Waals surface area contributed by atoms with Gasteiger partial charge in [0.1, 0.15) is 30.3 Å². The lowest BCUT2D eigenvalue weighted by Gasteiger charge is -2.47. The van der Waals surface area contributed by atoms with E-state index in [1.54, 1.807) is 26.8 Å². The monoisotopic (exact) mass is 801 g/mol. The Morgan fingerprint density at radius 3 is 2.32 bits per heavy atom. The average molecular weight is 802 g/mol. The van der Waals surface area contributed by atoms with Crippen molar-refractivity contribution in [2.45, 2.75) is 154 Å². The number of fused-ring (bicyclic) bond motifs is 3. The second-order valence-corrected chi connectivity index (χ2v) is 17.3. The van der Waals surface area contributed by atoms with Crippen molar-refractivity contribution in [3.8, 4) is 0 Å². The van der Waals surface area contributed by atoms with Gasteiger partial charge in [-0.25, -0.2) is 4.79 Å². The van der Waals surface area contributed by atoms with Gasteiger partial charge in [-0.3, -0.25) is 14.4 Å². The number of carbonyl (C=O) groups is 5. The minimum absolute atomic E-state index is 0.00156. The summed E-state index contributed by atoms with van der Waals surface area (Å²) in [5, 5.41) is 34.0. The molecular weight excluding hydrogens is 734 g/mol. The molecule has 14 atom stereocenters. The number of Topliss-reactive ketones (excluding diaryl/α,β-unsaturated/α-hetero) is 2. The zero-order valence-corrected chi connectivity index (χ0v) is 35.0. The van der Waals surface area contributed by atoms with Crippen LogP contribution < -0.4 is 0 Å². The first kappa shape index (κ1) is 46.6. The number of ether oxygens (including phenoxy) is 4. The van der Waals surface area contributed by atoms with Gasteiger partial charge in [-0.15, -0.1) is 6.58 Å². The van der Waals surface area contributed by atoms with Crippen molar-refractivity contribution in [2.75, 3.05) is 20.8 Å². The van der Waals surface area contributed by atoms with Gasteiger partial charge in [-0.2, -0.15) is 0 Å². The molecule has 3 fully saturated rings. The Morgan fingerprint density at radius 2 is 1.67 bits per heavy atom. The van der Waals surface area contributed by atoms with E-state index in [1.807, 2.05) is 26.0 Å². The maximum Gasteiger partial charge on any atom is 0.329 e. The summed E-state index contributed by atoms with van der Waals surface area (Å²) in [4.78, 5) is 69.4. The third-order valence-corrected chi connectivity index (χ3v) is 12.9. The normalized spacial score (nSPS) is 40.9. The topological polar surface area (TPSA) is 186 Å². The number of piperidine rings is 1. The fourth-order valence-electron chi connectivity index (χ4n) is 9.40. The van der Waals surface area contributed by atoms with Crippen LogP contribution in [-0.2, 0) is 42.9 Å². The molecule has 0 aromatic rings. The van der Waals surface area contributed by atoms with E-state index in [0.717, 1.165) is 16.8 Å². The van der Waals surface area contributed by atoms with Gasteiger partial charge in [0, 0.05) is 50.9 Å². The van der Waals surface area contributed by atoms with E-state index >= 15 is 0 Å². The molecule has 4 aliphatic rings. The predicted molar refractivity (Wildman–Crippen MR) is 211 cm³/mol. The molecule has 0 radical (unpaired) electrons. The van der Waals surface area contributed by atoms with Crippen LogP contribution >= 0.6 is 0 Å². The molecule has 320 valence electrons. The van der Waals surface area contributed by atoms with Gasteiger partial charge in [-0.05, 0) is 95.5 Å². The highest BCUT2D eigenvalue weighted by Gasteiger charge is 2.56. The lowest BCUT2D eigenvalue weighted by molar-refractivity contribution is -0.302. The molecule has 13 heteroatoms. The molecule has 0 spiro atoms. The van der Waals surface area contributed by atoms with E-state index in [9.17, 15) is 39.3 Å². The molecule has 4 rings (SSSR count). The number of allylic oxidation sites excluding steroid dienone is 4. The summed E-state index contributed by atoms with van der Waals surface area (Å²) in [6, 6.07) is -1.17. The highest BCUT2D eigenvalue weighted by Crippen LogP contribution is 2.39. The van der Waals surface area contributed by atoms with Gasteiger partial charge in [0.2, 0.25) is 5.79 Å². The van der Waals surface area contributed by atoms with Crippen molar-refractivity contribution in [1.82, 2.24) is 4.90 Å². The Hall–Kier alpha value is -3.07. The Bertz CT molecular complexity index is 1510. The lowest BCUT2D eigenvalue weighted by Crippen LogP contribution is -2.64. The molecule has 1 aliphatic carbocycles. The van der Waals surface area contributed by atoms with Crippen LogP contribution in [0.15, 0.2) is 36.0 Å². The number of esters is 1. The number of amides is 1. The van der Waals surface area contributed by atoms with Crippen LogP contribution in [0, 0.1) is 35.5 Å². The van der Waals surface area contributed by atoms with Crippen LogP contribution in [0.25, 0.3) is 0 Å². The number of cyclic esters (lactones) is 1. The van der Waals surface area contributed by atoms with E-state index in [4.69, 9.17) is 18.9 Å². The van der Waals surface area contributed by atoms with Crippen molar-refractivity contribution in [3.63, 3.8) is 0 Å². The first-order valence-corrected chi connectivity index (χ1v) is 20.8. The van der Waals surface area contributed by atoms with Crippen molar-refractivity contribution < 1.29 is 58.2 Å². The molecular formula is C44H67NO12. The number of aliphatic hydroxyl groups is 3. The molecule has 0 aromatic carbocycles. The molecule has 57 heavy (non-hydrogen) atoms. The van der Waals surface area contributed by atoms with Gasteiger partial charge >= 0.3 is 5.97 Å². The van der Waals surface area contributed by atoms with Gasteiger partial charge < -0.3 is 44.0 Å². The fourth-order valence-corrected chi connectivity index (χ4v) is 9.40. The van der Waals surface area contributed by atoms with Crippen LogP contribution in [-0.4, -0.2) is 119 Å². The first-order valence-electron chi connectivity index (χ1n) is 20.8. The average Bonchev–Trinajstić information content (AvgIpc) is 3.18. The largest absolute Gasteiger partial charge is 0.456 e. The number of hydrogen-bond donors (Lipinski definition) is 3. The van der Waals surface area contributed by atoms with Crippen LogP contribution in [0.5, 0.6) is 0 Å². The smallest absolute Gasteiger partial charge is 0.329 e. The van der Waals surface area contributed by atoms with Crippen LogP contribution in [0.3, 0.4) is 0 Å². The van der Waals surface area contributed by atoms with E-state index < -0.39 is 89.8 Å². The number of aldehydes is 1. The molecule has 2 saturated heterocycles. The van der Waals surface area contributed by atoms with Crippen molar-refractivity contribution in [3.05, 3.63) is 36.0 Å². The molecule has 14 unspecified atom stereocenters. The van der Waals surface area contributed by atoms with Gasteiger partial charge in [0.05, 0.1) is 24.4 Å². The molecule has 2 bridgehead atoms. The number of aliphatic hydroxyl groups excluding tert-OH is 2. The standard InChI is InChI=1S/C44H67NO12/c1-9-12-31-18-25(2)17-26(3)19-37(54-7)40-38(55-8)21-28(5)44(53,57-40)41(50)42(51)45-16-11-10-13-33(45)43(52)56-39(29(6)35(48)23-36(31)49)27(4)20-30-14-15-34(47)32(22-30)24-46/h9,18,20,24,26,28-35,37-40,47-48,53H,1,10-17,19,21-23H2,2-8H3/b25-18+,27-20+. The summed E-state index contributed by atoms with van der Waals surface area (Å²) in [6.45, 7) is 13.0. The van der Waals surface area contributed by atoms with E-state index in [2.05, 4.69) is 6.58 Å². The van der Waals surface area contributed by atoms with Crippen LogP contribution in [0.2, 0.25) is 0 Å². The summed E-state index contributed by atoms with van der Waals surface area (Å²) in [7, 11) is 3.03. The van der Waals surface area contributed by atoms with Gasteiger partial charge in [-0.1, -0.05) is 44.6 Å². The maximum absolute atomic E-state index is 14.3. The Morgan fingerprint density at radius 1 is 0.982 bits per heavy atom. The van der Waals surface area contributed by atoms with Gasteiger partial charge in [0.15, 0.2) is 0 Å². The van der Waals surface area contributed by atoms with E-state index in [1.165, 1.54) is 14.2 Å². The molecule has 13 nitrogen and oxygen atoms in total. The molecule has 3 N–H and O–H groups in total. The summed E-state index contributed by atoms with van der Waals surface area (Å²) in [5.74, 6) is -8.59. The maximum atomic E-state index is 14.3. The minimum atomic E-state index is -2.52. The van der Waals surface area contributed by atoms with E-state index in [0.29, 0.717) is 56.9 Å². The Kier molecular flexibility index (Phi) is 17.0. The summed E-state index contributed by atoms with van der Waals surface area (Å²) in [5.41, 5.74) is 1.53. The van der Waals surface area contributed by atoms with E-state index in [-0.39, 0.29) is 43.4 Å². The number of carbonyl (C=O) groups excluding carboxylic acids is 5. The van der Waals surface area contributed by atoms with Crippen LogP contribution in [0.1, 0.15) is 105 Å². The number of rotatable bonds is 7. The van der Waals surface area contributed by atoms with Crippen molar-refractivity contribution >= 4 is 29.7 Å². The highest BCUT2D eigenvalue weighted by atomic mass is 16.7. The van der Waals surface area contributed by atoms with Crippen LogP contribution in [0.4, 0.5) is 0 Å². The zero-order chi connectivity index (χ0) is 42.2. The second-order valence-electron chi connectivity index (χ2n) is 17.3. The number of methoxy groups -OCH3 is 2.